The fourth-order valence-corrected chi connectivity index (χ4v) is 8.88. The summed E-state index contributed by atoms with van der Waals surface area (Å²) in [6.07, 6.45) is 40.4. The van der Waals surface area contributed by atoms with Gasteiger partial charge in [0.1, 0.15) is 54.9 Å². The van der Waals surface area contributed by atoms with Gasteiger partial charge in [-0.15, -0.1) is 0 Å². The largest absolute Gasteiger partial charge is 0.457 e. The van der Waals surface area contributed by atoms with Crippen molar-refractivity contribution in [2.24, 2.45) is 0 Å². The number of rotatable bonds is 46. The molecule has 424 valence electrons. The van der Waals surface area contributed by atoms with E-state index in [1.807, 2.05) is 12.2 Å². The molecule has 11 unspecified atom stereocenters. The van der Waals surface area contributed by atoms with E-state index in [0.717, 1.165) is 44.9 Å². The molecule has 2 heterocycles. The summed E-state index contributed by atoms with van der Waals surface area (Å²) in [7, 11) is 0. The van der Waals surface area contributed by atoms with Crippen LogP contribution in [0.15, 0.2) is 60.8 Å². The maximum Gasteiger partial charge on any atom is 0.306 e. The number of carbonyl (C=O) groups excluding carboxylic acids is 1. The molecule has 0 aromatic rings. The molecule has 0 amide bonds. The molecule has 0 saturated carbocycles. The molecular formula is C59H104O14. The van der Waals surface area contributed by atoms with Crippen LogP contribution in [-0.4, -0.2) is 142 Å². The van der Waals surface area contributed by atoms with E-state index in [9.17, 15) is 40.5 Å². The Morgan fingerprint density at radius 1 is 0.466 bits per heavy atom. The summed E-state index contributed by atoms with van der Waals surface area (Å²) in [6, 6.07) is 0. The molecule has 0 aromatic heterocycles. The number of aliphatic hydroxyl groups is 7. The molecule has 2 aliphatic heterocycles. The topological polar surface area (TPSA) is 214 Å². The Morgan fingerprint density at radius 2 is 0.890 bits per heavy atom. The lowest BCUT2D eigenvalue weighted by molar-refractivity contribution is -0.332. The summed E-state index contributed by atoms with van der Waals surface area (Å²) in [5, 5.41) is 72.2. The number of esters is 1. The van der Waals surface area contributed by atoms with Crippen LogP contribution in [0.2, 0.25) is 0 Å². The van der Waals surface area contributed by atoms with E-state index in [1.54, 1.807) is 0 Å². The Bertz CT molecular complexity index is 1440. The summed E-state index contributed by atoms with van der Waals surface area (Å²) < 4.78 is 34.2. The van der Waals surface area contributed by atoms with Gasteiger partial charge >= 0.3 is 5.97 Å². The molecule has 2 aliphatic rings. The van der Waals surface area contributed by atoms with E-state index in [1.165, 1.54) is 135 Å². The summed E-state index contributed by atoms with van der Waals surface area (Å²) in [6.45, 7) is 3.49. The quantitative estimate of drug-likeness (QED) is 0.0172. The second-order valence-electron chi connectivity index (χ2n) is 20.1. The highest BCUT2D eigenvalue weighted by Gasteiger charge is 2.47. The lowest BCUT2D eigenvalue weighted by Gasteiger charge is -2.42. The minimum Gasteiger partial charge on any atom is -0.457 e. The molecule has 73 heavy (non-hydrogen) atoms. The van der Waals surface area contributed by atoms with Crippen LogP contribution in [0.5, 0.6) is 0 Å². The van der Waals surface area contributed by atoms with Crippen molar-refractivity contribution in [2.45, 2.75) is 274 Å². The molecule has 7 N–H and O–H groups in total. The van der Waals surface area contributed by atoms with E-state index in [2.05, 4.69) is 62.5 Å². The predicted molar refractivity (Wildman–Crippen MR) is 289 cm³/mol. The first-order valence-corrected chi connectivity index (χ1v) is 28.9. The second-order valence-corrected chi connectivity index (χ2v) is 20.1. The average Bonchev–Trinajstić information content (AvgIpc) is 3.39. The summed E-state index contributed by atoms with van der Waals surface area (Å²) in [5.41, 5.74) is 0. The third kappa shape index (κ3) is 32.8. The normalized spacial score (nSPS) is 25.4. The SMILES string of the molecule is CC/C=C\C/C=C\C/C=C\C/C=C\CCC(=O)OC(COCCCCCCCCCCCCCCCC/C=C\CCCCCCCCCC)COC1OC(COC2OC(CO)C(O)C(O)C2O)C(O)C(O)C1O. The van der Waals surface area contributed by atoms with Crippen molar-refractivity contribution in [1.82, 2.24) is 0 Å². The fraction of sp³-hybridized carbons (Fsp3) is 0.814. The van der Waals surface area contributed by atoms with E-state index >= 15 is 0 Å². The van der Waals surface area contributed by atoms with Gasteiger partial charge in [-0.3, -0.25) is 4.79 Å². The maximum absolute atomic E-state index is 13.0. The van der Waals surface area contributed by atoms with Crippen LogP contribution in [0.4, 0.5) is 0 Å². The van der Waals surface area contributed by atoms with Crippen molar-refractivity contribution in [3.8, 4) is 0 Å². The van der Waals surface area contributed by atoms with E-state index in [4.69, 9.17) is 28.4 Å². The Hall–Kier alpha value is -2.31. The van der Waals surface area contributed by atoms with Gasteiger partial charge in [-0.2, -0.15) is 0 Å². The first kappa shape index (κ1) is 66.8. The van der Waals surface area contributed by atoms with Crippen LogP contribution in [0, 0.1) is 0 Å². The van der Waals surface area contributed by atoms with Crippen LogP contribution in [0.3, 0.4) is 0 Å². The van der Waals surface area contributed by atoms with Crippen LogP contribution in [0.25, 0.3) is 0 Å². The predicted octanol–water partition coefficient (Wildman–Crippen LogP) is 10.1. The minimum absolute atomic E-state index is 0.0319. The molecule has 0 bridgehead atoms. The number of unbranched alkanes of at least 4 members (excludes halogenated alkanes) is 22. The number of ether oxygens (including phenoxy) is 6. The van der Waals surface area contributed by atoms with Gasteiger partial charge in [-0.05, 0) is 64.2 Å². The van der Waals surface area contributed by atoms with Gasteiger partial charge < -0.3 is 64.2 Å². The maximum atomic E-state index is 13.0. The molecule has 0 aliphatic carbocycles. The number of hydrogen-bond donors (Lipinski definition) is 7. The molecule has 2 fully saturated rings. The standard InChI is InChI=1S/C59H104O14/c1-3-5-7-9-11-13-15-17-18-19-20-21-22-23-24-25-26-27-28-29-31-33-35-37-39-41-43-68-45-48(71-51(61)42-40-38-36-34-32-30-16-14-12-10-8-6-4-2)46-69-58-57(67)55(65)53(63)50(73-58)47-70-59-56(66)54(64)52(62)49(44-60)72-59/h6,8,12,14,19-20,30,32,36,38,48-50,52-60,62-67H,3-5,7,9-11,13,15-18,21-29,31,33-35,37,39-47H2,1-2H3/b8-6-,14-12-,20-19-,32-30-,38-36-. The highest BCUT2D eigenvalue weighted by Crippen LogP contribution is 2.26. The molecule has 0 spiro atoms. The van der Waals surface area contributed by atoms with Crippen LogP contribution in [-0.2, 0) is 33.2 Å². The van der Waals surface area contributed by atoms with Crippen molar-refractivity contribution >= 4 is 5.97 Å². The fourth-order valence-electron chi connectivity index (χ4n) is 8.88. The smallest absolute Gasteiger partial charge is 0.306 e. The van der Waals surface area contributed by atoms with Crippen molar-refractivity contribution in [2.75, 3.05) is 33.0 Å². The van der Waals surface area contributed by atoms with E-state index < -0.39 is 86.7 Å². The molecule has 11 atom stereocenters. The van der Waals surface area contributed by atoms with Crippen molar-refractivity contribution in [3.63, 3.8) is 0 Å². The van der Waals surface area contributed by atoms with Gasteiger partial charge in [0.25, 0.3) is 0 Å². The molecule has 2 rings (SSSR count). The van der Waals surface area contributed by atoms with Gasteiger partial charge in [0.15, 0.2) is 12.6 Å². The zero-order valence-electron chi connectivity index (χ0n) is 45.4. The van der Waals surface area contributed by atoms with Crippen molar-refractivity contribution < 1.29 is 69.0 Å². The average molecular weight is 1040 g/mol. The number of hydrogen-bond acceptors (Lipinski definition) is 14. The Kier molecular flexibility index (Phi) is 42.0. The summed E-state index contributed by atoms with van der Waals surface area (Å²) in [4.78, 5) is 13.0. The van der Waals surface area contributed by atoms with E-state index in [0.29, 0.717) is 13.0 Å². The van der Waals surface area contributed by atoms with Gasteiger partial charge in [0.2, 0.25) is 0 Å². The second kappa shape index (κ2) is 45.8. The van der Waals surface area contributed by atoms with Gasteiger partial charge in [0, 0.05) is 13.0 Å². The molecule has 14 heteroatoms. The zero-order chi connectivity index (χ0) is 53.0. The third-order valence-electron chi connectivity index (χ3n) is 13.5. The lowest BCUT2D eigenvalue weighted by atomic mass is 9.98. The zero-order valence-corrected chi connectivity index (χ0v) is 45.4. The minimum atomic E-state index is -1.72. The number of allylic oxidation sites excluding steroid dienone is 10. The third-order valence-corrected chi connectivity index (χ3v) is 13.5. The number of carbonyl (C=O) groups is 1. The highest BCUT2D eigenvalue weighted by molar-refractivity contribution is 5.69. The highest BCUT2D eigenvalue weighted by atomic mass is 16.7. The van der Waals surface area contributed by atoms with Crippen LogP contribution >= 0.6 is 0 Å². The molecule has 0 aromatic carbocycles. The van der Waals surface area contributed by atoms with Gasteiger partial charge in [-0.1, -0.05) is 197 Å². The van der Waals surface area contributed by atoms with Crippen molar-refractivity contribution in [1.29, 1.82) is 0 Å². The van der Waals surface area contributed by atoms with Gasteiger partial charge in [0.05, 0.1) is 26.4 Å². The van der Waals surface area contributed by atoms with E-state index in [-0.39, 0.29) is 19.6 Å². The first-order chi connectivity index (χ1) is 35.6. The Balaban J connectivity index is 1.68. The lowest BCUT2D eigenvalue weighted by Crippen LogP contribution is -2.61. The Morgan fingerprint density at radius 3 is 1.40 bits per heavy atom. The van der Waals surface area contributed by atoms with Crippen LogP contribution < -0.4 is 0 Å². The molecule has 2 saturated heterocycles. The molecular weight excluding hydrogens is 933 g/mol. The molecule has 0 radical (unpaired) electrons. The summed E-state index contributed by atoms with van der Waals surface area (Å²) >= 11 is 0. The molecule has 14 nitrogen and oxygen atoms in total. The van der Waals surface area contributed by atoms with Crippen molar-refractivity contribution in [3.05, 3.63) is 60.8 Å². The number of aliphatic hydroxyl groups excluding tert-OH is 7. The summed E-state index contributed by atoms with van der Waals surface area (Å²) in [5.74, 6) is -0.455. The first-order valence-electron chi connectivity index (χ1n) is 28.9. The monoisotopic (exact) mass is 1040 g/mol. The van der Waals surface area contributed by atoms with Gasteiger partial charge in [-0.25, -0.2) is 0 Å². The van der Waals surface area contributed by atoms with Crippen LogP contribution in [0.1, 0.15) is 206 Å². The Labute approximate surface area is 441 Å².